The first-order chi connectivity index (χ1) is 8.54. The Hall–Kier alpha value is -0.670. The van der Waals surface area contributed by atoms with E-state index in [9.17, 15) is 0 Å². The van der Waals surface area contributed by atoms with Gasteiger partial charge in [0.2, 0.25) is 0 Å². The lowest BCUT2D eigenvalue weighted by Gasteiger charge is -2.21. The zero-order chi connectivity index (χ0) is 13.2. The molecule has 1 heterocycles. The second kappa shape index (κ2) is 5.54. The molecule has 1 N–H and O–H groups in total. The van der Waals surface area contributed by atoms with Gasteiger partial charge >= 0.3 is 0 Å². The Balaban J connectivity index is 2.13. The number of amidine groups is 1. The number of rotatable bonds is 3. The maximum absolute atomic E-state index is 6.19. The normalized spacial score (nSPS) is 27.2. The van der Waals surface area contributed by atoms with Crippen LogP contribution in [0.1, 0.15) is 38.8 Å². The highest BCUT2D eigenvalue weighted by Gasteiger charge is 2.30. The summed E-state index contributed by atoms with van der Waals surface area (Å²) >= 11 is 7.99. The Bertz CT molecular complexity index is 461. The molecular formula is C14H19ClN2S. The van der Waals surface area contributed by atoms with Crippen LogP contribution in [0.3, 0.4) is 0 Å². The predicted molar refractivity (Wildman–Crippen MR) is 81.6 cm³/mol. The van der Waals surface area contributed by atoms with Gasteiger partial charge in [-0.05, 0) is 31.9 Å². The van der Waals surface area contributed by atoms with Crippen molar-refractivity contribution in [2.75, 3.05) is 5.75 Å². The van der Waals surface area contributed by atoms with Gasteiger partial charge in [0, 0.05) is 16.3 Å². The molecule has 1 fully saturated rings. The van der Waals surface area contributed by atoms with Crippen molar-refractivity contribution in [1.29, 1.82) is 0 Å². The highest BCUT2D eigenvalue weighted by molar-refractivity contribution is 8.14. The molecular weight excluding hydrogens is 264 g/mol. The summed E-state index contributed by atoms with van der Waals surface area (Å²) < 4.78 is 0. The third kappa shape index (κ3) is 3.01. The van der Waals surface area contributed by atoms with Crippen molar-refractivity contribution in [3.63, 3.8) is 0 Å². The Morgan fingerprint density at radius 2 is 2.22 bits per heavy atom. The van der Waals surface area contributed by atoms with E-state index in [-0.39, 0.29) is 11.6 Å². The van der Waals surface area contributed by atoms with Crippen molar-refractivity contribution >= 4 is 28.5 Å². The Labute approximate surface area is 118 Å². The zero-order valence-corrected chi connectivity index (χ0v) is 12.6. The van der Waals surface area contributed by atoms with E-state index in [0.29, 0.717) is 0 Å². The number of halogens is 1. The van der Waals surface area contributed by atoms with Gasteiger partial charge in [-0.3, -0.25) is 4.99 Å². The molecule has 0 saturated carbocycles. The van der Waals surface area contributed by atoms with Crippen LogP contribution in [-0.2, 0) is 0 Å². The van der Waals surface area contributed by atoms with E-state index in [2.05, 4.69) is 26.1 Å². The van der Waals surface area contributed by atoms with Gasteiger partial charge in [0.25, 0.3) is 0 Å². The summed E-state index contributed by atoms with van der Waals surface area (Å²) in [6.07, 6.45) is 1.11. The van der Waals surface area contributed by atoms with Gasteiger partial charge in [0.05, 0.1) is 6.04 Å². The van der Waals surface area contributed by atoms with Crippen molar-refractivity contribution in [2.45, 2.75) is 38.8 Å². The molecule has 0 spiro atoms. The fourth-order valence-corrected chi connectivity index (χ4v) is 3.45. The molecule has 0 bridgehead atoms. The molecule has 18 heavy (non-hydrogen) atoms. The minimum absolute atomic E-state index is 0.0907. The molecule has 2 rings (SSSR count). The molecule has 4 heteroatoms. The van der Waals surface area contributed by atoms with Crippen LogP contribution in [0.15, 0.2) is 29.3 Å². The van der Waals surface area contributed by atoms with Crippen LogP contribution in [0.4, 0.5) is 0 Å². The Morgan fingerprint density at radius 1 is 1.50 bits per heavy atom. The van der Waals surface area contributed by atoms with E-state index in [4.69, 9.17) is 16.6 Å². The van der Waals surface area contributed by atoms with Crippen LogP contribution in [0, 0.1) is 0 Å². The molecule has 1 saturated heterocycles. The van der Waals surface area contributed by atoms with Gasteiger partial charge in [-0.25, -0.2) is 0 Å². The van der Waals surface area contributed by atoms with Gasteiger partial charge in [0.15, 0.2) is 5.17 Å². The first-order valence-electron chi connectivity index (χ1n) is 6.27. The van der Waals surface area contributed by atoms with Crippen LogP contribution in [0.5, 0.6) is 0 Å². The minimum Gasteiger partial charge on any atom is -0.359 e. The SMILES string of the molecule is CCC1(C)CSC(=NC(C)c2ccccc2Cl)N1. The lowest BCUT2D eigenvalue weighted by atomic mass is 10.0. The lowest BCUT2D eigenvalue weighted by molar-refractivity contribution is 0.465. The summed E-state index contributed by atoms with van der Waals surface area (Å²) in [4.78, 5) is 4.73. The van der Waals surface area contributed by atoms with Crippen molar-refractivity contribution < 1.29 is 0 Å². The van der Waals surface area contributed by atoms with Gasteiger partial charge in [-0.15, -0.1) is 0 Å². The number of aliphatic imine (C=N–C) groups is 1. The summed E-state index contributed by atoms with van der Waals surface area (Å²) in [6, 6.07) is 7.99. The molecule has 1 aromatic rings. The third-order valence-electron chi connectivity index (χ3n) is 3.38. The van der Waals surface area contributed by atoms with Gasteiger partial charge in [-0.1, -0.05) is 48.5 Å². The van der Waals surface area contributed by atoms with E-state index in [1.807, 2.05) is 24.3 Å². The summed E-state index contributed by atoms with van der Waals surface area (Å²) in [7, 11) is 0. The van der Waals surface area contributed by atoms with Crippen molar-refractivity contribution in [2.24, 2.45) is 4.99 Å². The van der Waals surface area contributed by atoms with Crippen molar-refractivity contribution in [3.8, 4) is 0 Å². The van der Waals surface area contributed by atoms with Crippen LogP contribution in [0.2, 0.25) is 5.02 Å². The van der Waals surface area contributed by atoms with E-state index in [1.165, 1.54) is 0 Å². The molecule has 0 amide bonds. The quantitative estimate of drug-likeness (QED) is 0.896. The third-order valence-corrected chi connectivity index (χ3v) is 4.99. The number of benzene rings is 1. The second-order valence-corrected chi connectivity index (χ2v) is 6.33. The van der Waals surface area contributed by atoms with Crippen molar-refractivity contribution in [1.82, 2.24) is 5.32 Å². The van der Waals surface area contributed by atoms with E-state index in [1.54, 1.807) is 11.8 Å². The number of thioether (sulfide) groups is 1. The predicted octanol–water partition coefficient (Wildman–Crippen LogP) is 4.26. The van der Waals surface area contributed by atoms with E-state index in [0.717, 1.165) is 27.9 Å². The van der Waals surface area contributed by atoms with Gasteiger partial charge < -0.3 is 5.32 Å². The average molecular weight is 283 g/mol. The smallest absolute Gasteiger partial charge is 0.157 e. The standard InChI is InChI=1S/C14H19ClN2S/c1-4-14(3)9-18-13(17-14)16-10(2)11-7-5-6-8-12(11)15/h5-8,10H,4,9H2,1-3H3,(H,16,17). The van der Waals surface area contributed by atoms with E-state index >= 15 is 0 Å². The highest BCUT2D eigenvalue weighted by Crippen LogP contribution is 2.30. The Morgan fingerprint density at radius 3 is 2.83 bits per heavy atom. The molecule has 2 atom stereocenters. The number of nitrogens with one attached hydrogen (secondary N) is 1. The van der Waals surface area contributed by atoms with Gasteiger partial charge in [-0.2, -0.15) is 0 Å². The fourth-order valence-electron chi connectivity index (χ4n) is 1.88. The topological polar surface area (TPSA) is 24.4 Å². The summed E-state index contributed by atoms with van der Waals surface area (Å²) in [5, 5.41) is 5.33. The largest absolute Gasteiger partial charge is 0.359 e. The first-order valence-corrected chi connectivity index (χ1v) is 7.63. The van der Waals surface area contributed by atoms with Crippen LogP contribution >= 0.6 is 23.4 Å². The molecule has 1 aliphatic rings. The second-order valence-electron chi connectivity index (χ2n) is 4.96. The molecule has 2 nitrogen and oxygen atoms in total. The minimum atomic E-state index is 0.0907. The summed E-state index contributed by atoms with van der Waals surface area (Å²) in [5.74, 6) is 1.08. The molecule has 1 aromatic carbocycles. The summed E-state index contributed by atoms with van der Waals surface area (Å²) in [5.41, 5.74) is 1.27. The highest BCUT2D eigenvalue weighted by atomic mass is 35.5. The van der Waals surface area contributed by atoms with Crippen LogP contribution in [0.25, 0.3) is 0 Å². The molecule has 1 aliphatic heterocycles. The first kappa shape index (κ1) is 13.8. The average Bonchev–Trinajstić information content (AvgIpc) is 2.72. The summed E-state index contributed by atoms with van der Waals surface area (Å²) in [6.45, 7) is 6.52. The van der Waals surface area contributed by atoms with E-state index < -0.39 is 0 Å². The molecule has 0 aromatic heterocycles. The maximum atomic E-state index is 6.19. The number of hydrogen-bond donors (Lipinski definition) is 1. The maximum Gasteiger partial charge on any atom is 0.157 e. The molecule has 0 aliphatic carbocycles. The lowest BCUT2D eigenvalue weighted by Crippen LogP contribution is -2.39. The fraction of sp³-hybridized carbons (Fsp3) is 0.500. The van der Waals surface area contributed by atoms with Crippen LogP contribution in [-0.4, -0.2) is 16.5 Å². The van der Waals surface area contributed by atoms with Gasteiger partial charge in [0.1, 0.15) is 0 Å². The monoisotopic (exact) mass is 282 g/mol. The van der Waals surface area contributed by atoms with Crippen molar-refractivity contribution in [3.05, 3.63) is 34.9 Å². The number of hydrogen-bond acceptors (Lipinski definition) is 2. The molecule has 2 unspecified atom stereocenters. The Kier molecular flexibility index (Phi) is 4.23. The zero-order valence-electron chi connectivity index (χ0n) is 11.0. The molecule has 98 valence electrons. The number of nitrogens with zero attached hydrogens (tertiary/aromatic N) is 1. The molecule has 0 radical (unpaired) electrons. The van der Waals surface area contributed by atoms with Crippen LogP contribution < -0.4 is 5.32 Å².